The van der Waals surface area contributed by atoms with Crippen molar-refractivity contribution < 1.29 is 14.7 Å². The number of hydrogen-bond acceptors (Lipinski definition) is 2. The van der Waals surface area contributed by atoms with E-state index in [9.17, 15) is 9.59 Å². The Labute approximate surface area is 133 Å². The predicted octanol–water partition coefficient (Wildman–Crippen LogP) is 3.05. The van der Waals surface area contributed by atoms with E-state index in [1.165, 1.54) is 0 Å². The minimum atomic E-state index is -0.874. The van der Waals surface area contributed by atoms with Crippen LogP contribution in [0.25, 0.3) is 0 Å². The van der Waals surface area contributed by atoms with Gasteiger partial charge in [0.05, 0.1) is 11.3 Å². The molecule has 1 fully saturated rings. The lowest BCUT2D eigenvalue weighted by molar-refractivity contribution is -0.145. The van der Waals surface area contributed by atoms with Gasteiger partial charge in [0.15, 0.2) is 0 Å². The van der Waals surface area contributed by atoms with Crippen molar-refractivity contribution in [3.8, 4) is 0 Å². The Morgan fingerprint density at radius 3 is 2.33 bits per heavy atom. The summed E-state index contributed by atoms with van der Waals surface area (Å²) in [5.41, 5.74) is 0.560. The minimum Gasteiger partial charge on any atom is -0.481 e. The van der Waals surface area contributed by atoms with Crippen LogP contribution in [0.1, 0.15) is 31.7 Å². The molecule has 21 heavy (non-hydrogen) atoms. The molecule has 0 radical (unpaired) electrons. The summed E-state index contributed by atoms with van der Waals surface area (Å²) < 4.78 is 0.987. The van der Waals surface area contributed by atoms with Crippen LogP contribution in [0.4, 0.5) is 0 Å². The van der Waals surface area contributed by atoms with E-state index in [2.05, 4.69) is 15.9 Å². The number of benzene rings is 1. The maximum atomic E-state index is 12.8. The molecule has 1 aromatic rings. The molecule has 1 amide bonds. The maximum absolute atomic E-state index is 12.8. The van der Waals surface area contributed by atoms with E-state index in [-0.39, 0.29) is 12.5 Å². The first-order valence-corrected chi connectivity index (χ1v) is 7.90. The summed E-state index contributed by atoms with van der Waals surface area (Å²) >= 11 is 3.41. The second-order valence-electron chi connectivity index (χ2n) is 5.87. The molecule has 0 aromatic heterocycles. The number of nitrogens with zero attached hydrogens (tertiary/aromatic N) is 1. The molecule has 1 aromatic carbocycles. The van der Waals surface area contributed by atoms with Crippen LogP contribution in [-0.4, -0.2) is 35.5 Å². The summed E-state index contributed by atoms with van der Waals surface area (Å²) in [4.78, 5) is 25.3. The molecule has 0 heterocycles. The first-order valence-electron chi connectivity index (χ1n) is 7.11. The fourth-order valence-electron chi connectivity index (χ4n) is 2.86. The van der Waals surface area contributed by atoms with E-state index in [1.54, 1.807) is 18.9 Å². The van der Waals surface area contributed by atoms with Gasteiger partial charge in [0.1, 0.15) is 0 Å². The van der Waals surface area contributed by atoms with E-state index in [0.717, 1.165) is 29.3 Å². The first-order chi connectivity index (χ1) is 9.86. The molecule has 1 atom stereocenters. The molecule has 1 aliphatic rings. The van der Waals surface area contributed by atoms with Crippen molar-refractivity contribution in [1.29, 1.82) is 0 Å². The maximum Gasteiger partial charge on any atom is 0.308 e. The number of rotatable bonds is 5. The van der Waals surface area contributed by atoms with Crippen molar-refractivity contribution >= 4 is 27.8 Å². The van der Waals surface area contributed by atoms with E-state index in [0.29, 0.717) is 0 Å². The fraction of sp³-hybridized carbons (Fsp3) is 0.500. The number of likely N-dealkylation sites (N-methyl/N-ethyl adjacent to an activating group) is 1. The third-order valence-corrected chi connectivity index (χ3v) is 4.86. The molecule has 1 unspecified atom stereocenters. The van der Waals surface area contributed by atoms with Gasteiger partial charge in [-0.15, -0.1) is 0 Å². The third kappa shape index (κ3) is 3.12. The molecule has 1 aliphatic carbocycles. The molecule has 1 N–H and O–H groups in total. The molecule has 0 saturated heterocycles. The second-order valence-corrected chi connectivity index (χ2v) is 6.78. The lowest BCUT2D eigenvalue weighted by Crippen LogP contribution is -2.51. The third-order valence-electron chi connectivity index (χ3n) is 4.33. The standard InChI is InChI=1S/C16H20BrNO3/c1-11(14(19)20)10-18(2)15(21)16(8-3-9-16)12-4-6-13(17)7-5-12/h4-7,11H,3,8-10H2,1-2H3,(H,19,20). The zero-order valence-electron chi connectivity index (χ0n) is 12.3. The number of carbonyl (C=O) groups excluding carboxylic acids is 1. The van der Waals surface area contributed by atoms with Crippen LogP contribution in [-0.2, 0) is 15.0 Å². The number of aliphatic carboxylic acids is 1. The molecule has 0 bridgehead atoms. The average Bonchev–Trinajstić information content (AvgIpc) is 2.39. The summed E-state index contributed by atoms with van der Waals surface area (Å²) in [6, 6.07) is 7.86. The summed E-state index contributed by atoms with van der Waals surface area (Å²) in [5.74, 6) is -1.40. The summed E-state index contributed by atoms with van der Waals surface area (Å²) in [7, 11) is 1.70. The Morgan fingerprint density at radius 1 is 1.33 bits per heavy atom. The summed E-state index contributed by atoms with van der Waals surface area (Å²) in [6.45, 7) is 1.87. The lowest BCUT2D eigenvalue weighted by Gasteiger charge is -2.43. The fourth-order valence-corrected chi connectivity index (χ4v) is 3.13. The first kappa shape index (κ1) is 16.0. The Kier molecular flexibility index (Phi) is 4.71. The smallest absolute Gasteiger partial charge is 0.308 e. The SMILES string of the molecule is CC(CN(C)C(=O)C1(c2ccc(Br)cc2)CCC1)C(=O)O. The Hall–Kier alpha value is -1.36. The van der Waals surface area contributed by atoms with Gasteiger partial charge in [-0.25, -0.2) is 0 Å². The summed E-state index contributed by atoms with van der Waals surface area (Å²) in [5, 5.41) is 8.99. The highest BCUT2D eigenvalue weighted by Gasteiger charge is 2.47. The Balaban J connectivity index is 2.18. The van der Waals surface area contributed by atoms with Crippen molar-refractivity contribution in [2.24, 2.45) is 5.92 Å². The van der Waals surface area contributed by atoms with E-state index in [1.807, 2.05) is 24.3 Å². The van der Waals surface area contributed by atoms with Gasteiger partial charge in [-0.2, -0.15) is 0 Å². The van der Waals surface area contributed by atoms with Crippen molar-refractivity contribution in [1.82, 2.24) is 4.90 Å². The zero-order valence-corrected chi connectivity index (χ0v) is 13.9. The van der Waals surface area contributed by atoms with Gasteiger partial charge < -0.3 is 10.0 Å². The van der Waals surface area contributed by atoms with Crippen molar-refractivity contribution in [2.45, 2.75) is 31.6 Å². The monoisotopic (exact) mass is 353 g/mol. The lowest BCUT2D eigenvalue weighted by atomic mass is 9.63. The van der Waals surface area contributed by atoms with Gasteiger partial charge in [-0.05, 0) is 30.5 Å². The average molecular weight is 354 g/mol. The zero-order chi connectivity index (χ0) is 15.6. The normalized spacial score (nSPS) is 17.7. The van der Waals surface area contributed by atoms with Crippen LogP contribution >= 0.6 is 15.9 Å². The van der Waals surface area contributed by atoms with E-state index in [4.69, 9.17) is 5.11 Å². The highest BCUT2D eigenvalue weighted by atomic mass is 79.9. The Bertz CT molecular complexity index is 537. The minimum absolute atomic E-state index is 0.0316. The molecule has 0 aliphatic heterocycles. The Morgan fingerprint density at radius 2 is 1.90 bits per heavy atom. The van der Waals surface area contributed by atoms with Crippen LogP contribution < -0.4 is 0 Å². The van der Waals surface area contributed by atoms with Crippen LogP contribution in [0.3, 0.4) is 0 Å². The highest BCUT2D eigenvalue weighted by Crippen LogP contribution is 2.45. The molecular weight excluding hydrogens is 334 g/mol. The molecule has 0 spiro atoms. The number of amides is 1. The van der Waals surface area contributed by atoms with Gasteiger partial charge >= 0.3 is 5.97 Å². The van der Waals surface area contributed by atoms with Crippen LogP contribution in [0, 0.1) is 5.92 Å². The number of hydrogen-bond donors (Lipinski definition) is 1. The van der Waals surface area contributed by atoms with Crippen LogP contribution in [0.2, 0.25) is 0 Å². The molecule has 4 nitrogen and oxygen atoms in total. The van der Waals surface area contributed by atoms with E-state index < -0.39 is 17.3 Å². The van der Waals surface area contributed by atoms with E-state index >= 15 is 0 Å². The van der Waals surface area contributed by atoms with Gasteiger partial charge in [0, 0.05) is 18.1 Å². The van der Waals surface area contributed by atoms with Gasteiger partial charge in [-0.1, -0.05) is 41.4 Å². The topological polar surface area (TPSA) is 57.6 Å². The molecule has 1 saturated carbocycles. The molecule has 5 heteroatoms. The number of carbonyl (C=O) groups is 2. The van der Waals surface area contributed by atoms with Crippen molar-refractivity contribution in [2.75, 3.05) is 13.6 Å². The van der Waals surface area contributed by atoms with Crippen LogP contribution in [0.5, 0.6) is 0 Å². The van der Waals surface area contributed by atoms with Crippen LogP contribution in [0.15, 0.2) is 28.7 Å². The molecular formula is C16H20BrNO3. The van der Waals surface area contributed by atoms with Gasteiger partial charge in [0.2, 0.25) is 5.91 Å². The van der Waals surface area contributed by atoms with Crippen molar-refractivity contribution in [3.63, 3.8) is 0 Å². The highest BCUT2D eigenvalue weighted by molar-refractivity contribution is 9.10. The largest absolute Gasteiger partial charge is 0.481 e. The number of carboxylic acids is 1. The molecule has 2 rings (SSSR count). The van der Waals surface area contributed by atoms with Gasteiger partial charge in [-0.3, -0.25) is 9.59 Å². The van der Waals surface area contributed by atoms with Crippen molar-refractivity contribution in [3.05, 3.63) is 34.3 Å². The predicted molar refractivity (Wildman–Crippen MR) is 84.1 cm³/mol. The number of halogens is 1. The summed E-state index contributed by atoms with van der Waals surface area (Å²) in [6.07, 6.45) is 2.70. The second kappa shape index (κ2) is 6.18. The van der Waals surface area contributed by atoms with Gasteiger partial charge in [0.25, 0.3) is 0 Å². The molecule has 114 valence electrons. The quantitative estimate of drug-likeness (QED) is 0.884. The number of carboxylic acid groups (broad SMARTS) is 1.